The third kappa shape index (κ3) is 4.58. The number of anilines is 1. The van der Waals surface area contributed by atoms with Gasteiger partial charge in [0.2, 0.25) is 6.41 Å². The van der Waals surface area contributed by atoms with Crippen LogP contribution in [-0.4, -0.2) is 38.6 Å². The molecule has 1 aromatic heterocycles. The number of pyridine rings is 1. The smallest absolute Gasteiger partial charge is 0.211 e. The number of benzene rings is 1. The molecule has 1 amide bonds. The number of nitrogens with zero attached hydrogens (tertiary/aromatic N) is 2. The first kappa shape index (κ1) is 24.4. The van der Waals surface area contributed by atoms with Crippen LogP contribution >= 0.6 is 23.4 Å². The number of amides is 1. The number of rotatable bonds is 2. The van der Waals surface area contributed by atoms with Crippen LogP contribution in [0.15, 0.2) is 35.5 Å². The van der Waals surface area contributed by atoms with Gasteiger partial charge in [0.05, 0.1) is 16.4 Å². The monoisotopic (exact) mass is 476 g/mol. The number of nitrogens with one attached hydrogen (secondary N) is 1. The Morgan fingerprint density at radius 1 is 1.28 bits per heavy atom. The molecule has 2 aromatic rings. The molecule has 0 bridgehead atoms. The van der Waals surface area contributed by atoms with Gasteiger partial charge < -0.3 is 20.9 Å². The lowest BCUT2D eigenvalue weighted by Crippen LogP contribution is -2.56. The predicted octanol–water partition coefficient (Wildman–Crippen LogP) is 4.18. The Morgan fingerprint density at radius 2 is 2.00 bits per heavy atom. The zero-order chi connectivity index (χ0) is 23.7. The Balaban J connectivity index is 0.000000269. The van der Waals surface area contributed by atoms with Gasteiger partial charge in [-0.25, -0.2) is 0 Å². The number of fused-ring (bicyclic) bond motifs is 3. The van der Waals surface area contributed by atoms with Gasteiger partial charge in [0.25, 0.3) is 0 Å². The molecule has 1 aromatic carbocycles. The van der Waals surface area contributed by atoms with Crippen LogP contribution in [0.5, 0.6) is 5.75 Å². The number of hydrogen-bond donors (Lipinski definition) is 3. The molecule has 0 aliphatic carbocycles. The molecule has 0 saturated carbocycles. The number of amidine groups is 1. The molecule has 0 saturated heterocycles. The van der Waals surface area contributed by atoms with Crippen LogP contribution in [0.25, 0.3) is 0 Å². The maximum Gasteiger partial charge on any atom is 0.211 e. The van der Waals surface area contributed by atoms with Crippen molar-refractivity contribution in [1.29, 1.82) is 0 Å². The van der Waals surface area contributed by atoms with Gasteiger partial charge in [-0.05, 0) is 64.4 Å². The lowest BCUT2D eigenvalue weighted by atomic mass is 9.83. The summed E-state index contributed by atoms with van der Waals surface area (Å²) in [5, 5.41) is 14.7. The second-order valence-corrected chi connectivity index (χ2v) is 10.9. The minimum atomic E-state index is -1.15. The van der Waals surface area contributed by atoms with E-state index in [1.54, 1.807) is 24.4 Å². The van der Waals surface area contributed by atoms with Crippen molar-refractivity contribution in [1.82, 2.24) is 4.98 Å². The molecule has 2 atom stereocenters. The molecular weight excluding hydrogens is 448 g/mol. The Hall–Kier alpha value is -2.29. The number of aliphatic imine (C=N–C) groups is 1. The third-order valence-corrected chi connectivity index (χ3v) is 7.75. The number of nitrogens with two attached hydrogens (primary N) is 1. The largest absolute Gasteiger partial charge is 0.493 e. The molecule has 9 heteroatoms. The highest BCUT2D eigenvalue weighted by molar-refractivity contribution is 8.02. The van der Waals surface area contributed by atoms with Crippen LogP contribution in [0.3, 0.4) is 0 Å². The Bertz CT molecular complexity index is 1060. The third-order valence-electron chi connectivity index (χ3n) is 5.88. The highest BCUT2D eigenvalue weighted by atomic mass is 35.5. The highest BCUT2D eigenvalue weighted by Crippen LogP contribution is 2.57. The van der Waals surface area contributed by atoms with E-state index in [0.29, 0.717) is 41.7 Å². The fourth-order valence-corrected chi connectivity index (χ4v) is 5.45. The van der Waals surface area contributed by atoms with Crippen molar-refractivity contribution >= 4 is 41.3 Å². The number of aliphatic hydroxyl groups is 1. The number of carbonyl (C=O) groups excluding carboxylic acids is 1. The standard InChI is InChI=1S/C16H21N3O3S.C7H8ClN/c1-14(2)13(17)19-15(3)11-8-10(18-9-20)4-5-12(11)22-7-6-16(15,21)23-14;1-5-3-7(8)4-9-6(5)2/h4-5,8-9,21H,6-7H2,1-3H3,(H2,17,19)(H,18,20);3-4H,1-2H3/t15-,16+;/m1./s1. The molecule has 2 aliphatic rings. The first-order chi connectivity index (χ1) is 14.9. The number of thioether (sulfide) groups is 1. The van der Waals surface area contributed by atoms with Crippen molar-refractivity contribution in [2.45, 2.75) is 56.3 Å². The Morgan fingerprint density at radius 3 is 2.62 bits per heavy atom. The van der Waals surface area contributed by atoms with Gasteiger partial charge in [0.1, 0.15) is 22.1 Å². The maximum atomic E-state index is 11.4. The van der Waals surface area contributed by atoms with Crippen LogP contribution in [0.2, 0.25) is 5.02 Å². The van der Waals surface area contributed by atoms with Gasteiger partial charge >= 0.3 is 0 Å². The van der Waals surface area contributed by atoms with Gasteiger partial charge in [-0.1, -0.05) is 11.6 Å². The fourth-order valence-electron chi connectivity index (χ4n) is 3.70. The molecule has 4 N–H and O–H groups in total. The van der Waals surface area contributed by atoms with Gasteiger partial charge in [0, 0.05) is 29.6 Å². The van der Waals surface area contributed by atoms with E-state index < -0.39 is 15.2 Å². The van der Waals surface area contributed by atoms with E-state index in [2.05, 4.69) is 10.3 Å². The molecule has 172 valence electrons. The maximum absolute atomic E-state index is 11.4. The zero-order valence-electron chi connectivity index (χ0n) is 18.9. The quantitative estimate of drug-likeness (QED) is 0.561. The van der Waals surface area contributed by atoms with Crippen LogP contribution in [0.1, 0.15) is 44.0 Å². The highest BCUT2D eigenvalue weighted by Gasteiger charge is 2.57. The van der Waals surface area contributed by atoms with Crippen molar-refractivity contribution < 1.29 is 14.6 Å². The molecule has 4 rings (SSSR count). The van der Waals surface area contributed by atoms with Crippen molar-refractivity contribution in [2.75, 3.05) is 11.9 Å². The summed E-state index contributed by atoms with van der Waals surface area (Å²) in [6.45, 7) is 10.1. The van der Waals surface area contributed by atoms with Gasteiger partial charge in [0.15, 0.2) is 0 Å². The van der Waals surface area contributed by atoms with E-state index in [0.717, 1.165) is 16.8 Å². The van der Waals surface area contributed by atoms with Crippen LogP contribution in [0, 0.1) is 13.8 Å². The second kappa shape index (κ2) is 8.92. The fraction of sp³-hybridized carbons (Fsp3) is 0.435. The summed E-state index contributed by atoms with van der Waals surface area (Å²) in [6, 6.07) is 7.24. The topological polar surface area (TPSA) is 110 Å². The molecule has 7 nitrogen and oxygen atoms in total. The number of ether oxygens (including phenoxy) is 1. The lowest BCUT2D eigenvalue weighted by Gasteiger charge is -2.49. The number of carbonyl (C=O) groups is 1. The van der Waals surface area contributed by atoms with Gasteiger partial charge in [-0.2, -0.15) is 0 Å². The summed E-state index contributed by atoms with van der Waals surface area (Å²) < 4.78 is 5.35. The molecule has 2 aliphatic heterocycles. The second-order valence-electron chi connectivity index (χ2n) is 8.59. The van der Waals surface area contributed by atoms with Crippen molar-refractivity contribution in [2.24, 2.45) is 10.7 Å². The van der Waals surface area contributed by atoms with E-state index in [-0.39, 0.29) is 0 Å². The van der Waals surface area contributed by atoms with E-state index in [1.807, 2.05) is 40.7 Å². The summed E-state index contributed by atoms with van der Waals surface area (Å²) in [6.07, 6.45) is 2.70. The number of aromatic nitrogens is 1. The first-order valence-corrected chi connectivity index (χ1v) is 11.5. The Labute approximate surface area is 197 Å². The van der Waals surface area contributed by atoms with Gasteiger partial charge in [-0.15, -0.1) is 11.8 Å². The zero-order valence-corrected chi connectivity index (χ0v) is 20.5. The van der Waals surface area contributed by atoms with Crippen LogP contribution < -0.4 is 15.8 Å². The van der Waals surface area contributed by atoms with Crippen molar-refractivity contribution in [3.8, 4) is 5.75 Å². The minimum absolute atomic E-state index is 0.387. The average molecular weight is 477 g/mol. The SMILES string of the molecule is CC1(C)S[C@@]2(O)CCOc3ccc(NC=O)cc3[C@@]2(C)N=C1N.Cc1cc(Cl)cnc1C. The number of aryl methyl sites for hydroxylation is 2. The summed E-state index contributed by atoms with van der Waals surface area (Å²) in [5.74, 6) is 1.13. The molecule has 3 heterocycles. The summed E-state index contributed by atoms with van der Waals surface area (Å²) >= 11 is 7.06. The van der Waals surface area contributed by atoms with Crippen LogP contribution in [0.4, 0.5) is 5.69 Å². The summed E-state index contributed by atoms with van der Waals surface area (Å²) in [4.78, 5) is 18.3. The van der Waals surface area contributed by atoms with Gasteiger partial charge in [-0.3, -0.25) is 14.8 Å². The summed E-state index contributed by atoms with van der Waals surface area (Å²) in [5.41, 5.74) is 8.74. The Kier molecular flexibility index (Phi) is 6.79. The van der Waals surface area contributed by atoms with Crippen molar-refractivity contribution in [3.63, 3.8) is 0 Å². The van der Waals surface area contributed by atoms with E-state index in [1.165, 1.54) is 11.8 Å². The van der Waals surface area contributed by atoms with Crippen molar-refractivity contribution in [3.05, 3.63) is 52.3 Å². The average Bonchev–Trinajstić information content (AvgIpc) is 2.80. The van der Waals surface area contributed by atoms with E-state index >= 15 is 0 Å². The lowest BCUT2D eigenvalue weighted by molar-refractivity contribution is -0.105. The minimum Gasteiger partial charge on any atom is -0.493 e. The normalized spacial score (nSPS) is 25.5. The molecule has 0 spiro atoms. The predicted molar refractivity (Wildman–Crippen MR) is 131 cm³/mol. The van der Waals surface area contributed by atoms with E-state index in [4.69, 9.17) is 27.1 Å². The van der Waals surface area contributed by atoms with E-state index in [9.17, 15) is 9.90 Å². The molecule has 32 heavy (non-hydrogen) atoms. The number of halogens is 1. The first-order valence-electron chi connectivity index (χ1n) is 10.3. The molecule has 0 fully saturated rings. The van der Waals surface area contributed by atoms with Crippen LogP contribution in [-0.2, 0) is 10.3 Å². The molecule has 0 radical (unpaired) electrons. The molecule has 0 unspecified atom stereocenters. The molecular formula is C23H29ClN4O3S. The summed E-state index contributed by atoms with van der Waals surface area (Å²) in [7, 11) is 0. The number of hydrogen-bond acceptors (Lipinski definition) is 7.